The summed E-state index contributed by atoms with van der Waals surface area (Å²) in [7, 11) is -3.92. The lowest BCUT2D eigenvalue weighted by Crippen LogP contribution is -2.56. The second-order valence-electron chi connectivity index (χ2n) is 9.18. The van der Waals surface area contributed by atoms with Gasteiger partial charge in [-0.2, -0.15) is 9.80 Å². The molecule has 3 N–H and O–H groups in total. The van der Waals surface area contributed by atoms with Crippen LogP contribution < -0.4 is 5.73 Å². The second kappa shape index (κ2) is 10.3. The van der Waals surface area contributed by atoms with Crippen LogP contribution in [0.4, 0.5) is 4.79 Å². The van der Waals surface area contributed by atoms with Crippen LogP contribution in [0.5, 0.6) is 0 Å². The summed E-state index contributed by atoms with van der Waals surface area (Å²) < 4.78 is 19.4. The Morgan fingerprint density at radius 2 is 1.97 bits per heavy atom. The molecule has 1 heterocycles. The van der Waals surface area contributed by atoms with Gasteiger partial charge in [0, 0.05) is 25.0 Å². The van der Waals surface area contributed by atoms with Crippen molar-refractivity contribution in [3.63, 3.8) is 0 Å². The van der Waals surface area contributed by atoms with E-state index >= 15 is 0 Å². The van der Waals surface area contributed by atoms with Gasteiger partial charge in [-0.15, -0.1) is 0 Å². The Balaban J connectivity index is 1.63. The number of carbonyl (C=O) groups is 3. The van der Waals surface area contributed by atoms with Gasteiger partial charge >= 0.3 is 12.1 Å². The molecule has 0 radical (unpaired) electrons. The molecule has 1 fully saturated rings. The number of amides is 1. The van der Waals surface area contributed by atoms with Gasteiger partial charge in [0.1, 0.15) is 6.04 Å². The summed E-state index contributed by atoms with van der Waals surface area (Å²) in [6.07, 6.45) is 4.50. The van der Waals surface area contributed by atoms with Gasteiger partial charge in [-0.3, -0.25) is 15.1 Å². The third-order valence-corrected chi connectivity index (χ3v) is 9.97. The van der Waals surface area contributed by atoms with Crippen LogP contribution in [0, 0.1) is 5.92 Å². The highest BCUT2D eigenvalue weighted by Crippen LogP contribution is 2.63. The van der Waals surface area contributed by atoms with Gasteiger partial charge < -0.3 is 9.84 Å². The van der Waals surface area contributed by atoms with Crippen molar-refractivity contribution in [3.8, 4) is 0 Å². The Hall–Kier alpha value is -3.24. The molecule has 2 aliphatic carbocycles. The number of rotatable bonds is 8. The molecule has 1 aliphatic heterocycles. The molecule has 3 aliphatic rings. The Kier molecular flexibility index (Phi) is 7.43. The minimum atomic E-state index is -3.92. The van der Waals surface area contributed by atoms with Gasteiger partial charge in [-0.05, 0) is 43.1 Å². The summed E-state index contributed by atoms with van der Waals surface area (Å²) in [4.78, 5) is 46.5. The van der Waals surface area contributed by atoms with Crippen LogP contribution in [-0.2, 0) is 28.7 Å². The number of nitrogens with zero attached hydrogens (tertiary/aromatic N) is 2. The summed E-state index contributed by atoms with van der Waals surface area (Å²) in [5, 5.41) is 11.9. The predicted octanol–water partition coefficient (Wildman–Crippen LogP) is 2.94. The van der Waals surface area contributed by atoms with Crippen LogP contribution in [0.25, 0.3) is 5.57 Å². The van der Waals surface area contributed by atoms with E-state index in [0.29, 0.717) is 0 Å². The summed E-state index contributed by atoms with van der Waals surface area (Å²) >= 11 is 0. The topological polar surface area (TPSA) is 149 Å². The van der Waals surface area contributed by atoms with Crippen LogP contribution >= 0.6 is 7.29 Å². The van der Waals surface area contributed by atoms with Crippen LogP contribution in [0.3, 0.4) is 0 Å². The Morgan fingerprint density at radius 3 is 2.59 bits per heavy atom. The van der Waals surface area contributed by atoms with E-state index in [0.717, 1.165) is 27.1 Å². The van der Waals surface area contributed by atoms with E-state index in [2.05, 4.69) is 14.5 Å². The summed E-state index contributed by atoms with van der Waals surface area (Å²) in [5.41, 5.74) is 7.61. The van der Waals surface area contributed by atoms with Crippen LogP contribution in [0.15, 0.2) is 59.7 Å². The quantitative estimate of drug-likeness (QED) is 0.169. The Bertz CT molecular complexity index is 1230. The number of hydrogen-bond acceptors (Lipinski definition) is 10. The summed E-state index contributed by atoms with van der Waals surface area (Å²) in [6.45, 7) is 4.22. The molecule has 37 heavy (non-hydrogen) atoms. The third kappa shape index (κ3) is 5.00. The maximum Gasteiger partial charge on any atom is 0.549 e. The third-order valence-electron chi connectivity index (χ3n) is 6.66. The van der Waals surface area contributed by atoms with Crippen molar-refractivity contribution in [1.82, 2.24) is 9.79 Å². The van der Waals surface area contributed by atoms with Crippen LogP contribution in [0.1, 0.15) is 32.8 Å². The average molecular weight is 532 g/mol. The zero-order valence-electron chi connectivity index (χ0n) is 20.8. The first-order chi connectivity index (χ1) is 17.5. The zero-order chi connectivity index (χ0) is 27.0. The van der Waals surface area contributed by atoms with Gasteiger partial charge in [0.25, 0.3) is 0 Å². The summed E-state index contributed by atoms with van der Waals surface area (Å²) in [5.74, 6) is -1.81. The average Bonchev–Trinajstić information content (AvgIpc) is 3.18. The van der Waals surface area contributed by atoms with E-state index < -0.39 is 36.8 Å². The lowest BCUT2D eigenvalue weighted by atomic mass is 9.70. The fourth-order valence-electron chi connectivity index (χ4n) is 4.62. The van der Waals surface area contributed by atoms with Gasteiger partial charge in [-0.25, -0.2) is 19.3 Å². The van der Waals surface area contributed by atoms with E-state index in [1.54, 1.807) is 6.92 Å². The molecule has 198 valence electrons. The van der Waals surface area contributed by atoms with Crippen molar-refractivity contribution in [3.05, 3.63) is 65.3 Å². The molecule has 0 aromatic heterocycles. The van der Waals surface area contributed by atoms with Crippen LogP contribution in [0.2, 0.25) is 0 Å². The number of hydrazine groups is 1. The van der Waals surface area contributed by atoms with Crippen molar-refractivity contribution in [2.24, 2.45) is 11.7 Å². The highest BCUT2D eigenvalue weighted by atomic mass is 31.2. The molecule has 2 bridgehead atoms. The molecular formula is C25H30N3O8P. The molecule has 4 atom stereocenters. The molecule has 1 amide bonds. The molecule has 0 spiro atoms. The molecule has 11 nitrogen and oxygen atoms in total. The van der Waals surface area contributed by atoms with Gasteiger partial charge in [0.05, 0.1) is 6.61 Å². The largest absolute Gasteiger partial charge is 0.549 e. The van der Waals surface area contributed by atoms with E-state index in [1.165, 1.54) is 18.9 Å². The molecule has 12 heteroatoms. The maximum absolute atomic E-state index is 13.9. The Labute approximate surface area is 214 Å². The predicted molar refractivity (Wildman–Crippen MR) is 133 cm³/mol. The van der Waals surface area contributed by atoms with Crippen molar-refractivity contribution in [1.29, 1.82) is 0 Å². The van der Waals surface area contributed by atoms with Gasteiger partial charge in [0.2, 0.25) is 13.2 Å². The first kappa shape index (κ1) is 26.8. The molecule has 1 aromatic rings. The molecular weight excluding hydrogens is 501 g/mol. The SMILES string of the molecule is CCOC(=O)OOC(=O)C(C)N(CC1c2ccc(-c3ccccc3)c1c2)N1C(=O)CCP1(=O)C(C)(N)O. The lowest BCUT2D eigenvalue weighted by molar-refractivity contribution is -0.249. The number of nitrogens with two attached hydrogens (primary N) is 1. The summed E-state index contributed by atoms with van der Waals surface area (Å²) in [6, 6.07) is 8.51. The number of hydrogen-bond donors (Lipinski definition) is 2. The fraction of sp³-hybridized carbons (Fsp3) is 0.400. The van der Waals surface area contributed by atoms with Crippen LogP contribution in [-0.4, -0.2) is 63.7 Å². The van der Waals surface area contributed by atoms with Crippen molar-refractivity contribution < 1.29 is 38.6 Å². The second-order valence-corrected chi connectivity index (χ2v) is 12.3. The first-order valence-corrected chi connectivity index (χ1v) is 13.8. The van der Waals surface area contributed by atoms with Gasteiger partial charge in [0.15, 0.2) is 5.47 Å². The van der Waals surface area contributed by atoms with Gasteiger partial charge in [-0.1, -0.05) is 48.6 Å². The van der Waals surface area contributed by atoms with Crippen molar-refractivity contribution in [2.45, 2.75) is 38.7 Å². The molecule has 1 aromatic carbocycles. The number of benzene rings is 1. The molecule has 0 saturated carbocycles. The monoisotopic (exact) mass is 531 g/mol. The van der Waals surface area contributed by atoms with E-state index in [-0.39, 0.29) is 31.7 Å². The zero-order valence-corrected chi connectivity index (χ0v) is 21.7. The lowest BCUT2D eigenvalue weighted by Gasteiger charge is -2.45. The minimum Gasteiger partial charge on any atom is -0.432 e. The standard InChI is InChI=1S/C25H30N3O8P/c1-4-34-24(31)36-35-23(30)16(2)27(28-22(29)12-13-37(28,33)25(3,26)32)15-21-18-10-11-19(20(21)14-18)17-8-6-5-7-9-17/h5-11,14,16,21,32H,4,12-13,15,26H2,1-3H3. The number of aliphatic hydroxyl groups is 1. The molecule has 4 unspecified atom stereocenters. The van der Waals surface area contributed by atoms with E-state index in [9.17, 15) is 24.1 Å². The number of carbonyl (C=O) groups excluding carboxylic acids is 3. The number of allylic oxidation sites excluding steroid dienone is 4. The van der Waals surface area contributed by atoms with Crippen molar-refractivity contribution in [2.75, 3.05) is 19.3 Å². The van der Waals surface area contributed by atoms with E-state index in [4.69, 9.17) is 5.73 Å². The molecule has 1 saturated heterocycles. The first-order valence-electron chi connectivity index (χ1n) is 11.9. The fourth-order valence-corrected chi connectivity index (χ4v) is 7.20. The normalized spacial score (nSPS) is 24.8. The number of ether oxygens (including phenoxy) is 1. The van der Waals surface area contributed by atoms with E-state index in [1.807, 2.05) is 48.6 Å². The maximum atomic E-state index is 13.9. The Morgan fingerprint density at radius 1 is 1.27 bits per heavy atom. The number of fused-ring (bicyclic) bond motifs is 2. The highest BCUT2D eigenvalue weighted by molar-refractivity contribution is 7.64. The smallest absolute Gasteiger partial charge is 0.432 e. The van der Waals surface area contributed by atoms with Crippen molar-refractivity contribution >= 4 is 30.9 Å². The molecule has 4 rings (SSSR count). The highest BCUT2D eigenvalue weighted by Gasteiger charge is 2.56. The minimum absolute atomic E-state index is 0.0122.